The van der Waals surface area contributed by atoms with E-state index in [1.165, 1.54) is 7.11 Å². The number of hydrogen-bond donors (Lipinski definition) is 2. The largest absolute Gasteiger partial charge is 0.493 e. The van der Waals surface area contributed by atoms with Gasteiger partial charge in [-0.05, 0) is 29.8 Å². The van der Waals surface area contributed by atoms with E-state index in [9.17, 15) is 9.59 Å². The van der Waals surface area contributed by atoms with Crippen LogP contribution in [0.5, 0.6) is 11.5 Å². The SMILES string of the molecule is COc1ccc(-c2noc(CN3C(=O)N[C@H](Cc4c[nH]c5ccccc45)C3=O)n2)cc1OC. The Labute approximate surface area is 188 Å². The number of carbonyl (C=O) groups is 2. The highest BCUT2D eigenvalue weighted by molar-refractivity contribution is 6.04. The second-order valence-electron chi connectivity index (χ2n) is 7.57. The van der Waals surface area contributed by atoms with E-state index in [0.717, 1.165) is 21.4 Å². The van der Waals surface area contributed by atoms with Crippen LogP contribution in [0.4, 0.5) is 4.79 Å². The predicted octanol–water partition coefficient (Wildman–Crippen LogP) is 2.90. The molecule has 0 saturated carbocycles. The number of urea groups is 1. The summed E-state index contributed by atoms with van der Waals surface area (Å²) in [5.74, 6) is 1.22. The lowest BCUT2D eigenvalue weighted by Gasteiger charge is -2.10. The van der Waals surface area contributed by atoms with E-state index in [2.05, 4.69) is 20.4 Å². The summed E-state index contributed by atoms with van der Waals surface area (Å²) in [7, 11) is 3.08. The van der Waals surface area contributed by atoms with Crippen LogP contribution in [-0.4, -0.2) is 52.2 Å². The molecular weight excluding hydrogens is 426 g/mol. The first-order chi connectivity index (χ1) is 16.1. The van der Waals surface area contributed by atoms with Crippen molar-refractivity contribution in [3.63, 3.8) is 0 Å². The molecule has 0 unspecified atom stereocenters. The first kappa shape index (κ1) is 20.6. The molecule has 33 heavy (non-hydrogen) atoms. The van der Waals surface area contributed by atoms with E-state index >= 15 is 0 Å². The quantitative estimate of drug-likeness (QED) is 0.418. The number of nitrogens with zero attached hydrogens (tertiary/aromatic N) is 3. The molecule has 2 N–H and O–H groups in total. The number of para-hydroxylation sites is 1. The van der Waals surface area contributed by atoms with Crippen molar-refractivity contribution < 1.29 is 23.6 Å². The Hall–Kier alpha value is -4.34. The minimum absolute atomic E-state index is 0.116. The number of aromatic nitrogens is 3. The van der Waals surface area contributed by atoms with Crippen molar-refractivity contribution in [2.45, 2.75) is 19.0 Å². The molecular formula is C23H21N5O5. The summed E-state index contributed by atoms with van der Waals surface area (Å²) in [6, 6.07) is 11.9. The molecule has 4 aromatic rings. The number of ether oxygens (including phenoxy) is 2. The third kappa shape index (κ3) is 3.75. The van der Waals surface area contributed by atoms with Crippen molar-refractivity contribution in [2.75, 3.05) is 14.2 Å². The number of nitrogens with one attached hydrogen (secondary N) is 2. The smallest absolute Gasteiger partial charge is 0.325 e. The lowest BCUT2D eigenvalue weighted by atomic mass is 10.1. The van der Waals surface area contributed by atoms with Gasteiger partial charge in [0, 0.05) is 29.1 Å². The third-order valence-electron chi connectivity index (χ3n) is 5.61. The maximum Gasteiger partial charge on any atom is 0.325 e. The van der Waals surface area contributed by atoms with E-state index in [1.807, 2.05) is 30.5 Å². The Morgan fingerprint density at radius 3 is 2.73 bits per heavy atom. The second kappa shape index (κ2) is 8.30. The fourth-order valence-electron chi connectivity index (χ4n) is 3.93. The zero-order chi connectivity index (χ0) is 22.9. The molecule has 5 rings (SSSR count). The molecule has 0 bridgehead atoms. The van der Waals surface area contributed by atoms with E-state index in [0.29, 0.717) is 29.3 Å². The maximum absolute atomic E-state index is 12.9. The highest BCUT2D eigenvalue weighted by Gasteiger charge is 2.39. The Morgan fingerprint density at radius 1 is 1.09 bits per heavy atom. The molecule has 0 spiro atoms. The Morgan fingerprint density at radius 2 is 1.91 bits per heavy atom. The molecule has 1 saturated heterocycles. The average Bonchev–Trinajstić information content (AvgIpc) is 3.54. The summed E-state index contributed by atoms with van der Waals surface area (Å²) >= 11 is 0. The molecule has 1 fully saturated rings. The fourth-order valence-corrected chi connectivity index (χ4v) is 3.93. The highest BCUT2D eigenvalue weighted by atomic mass is 16.5. The summed E-state index contributed by atoms with van der Waals surface area (Å²) < 4.78 is 15.8. The summed E-state index contributed by atoms with van der Waals surface area (Å²) in [5, 5.41) is 7.74. The molecule has 10 nitrogen and oxygen atoms in total. The number of carbonyl (C=O) groups excluding carboxylic acids is 2. The van der Waals surface area contributed by atoms with Crippen molar-refractivity contribution in [3.05, 3.63) is 60.1 Å². The molecule has 168 valence electrons. The summed E-state index contributed by atoms with van der Waals surface area (Å²) in [5.41, 5.74) is 2.59. The second-order valence-corrected chi connectivity index (χ2v) is 7.57. The number of amides is 3. The minimum atomic E-state index is -0.662. The standard InChI is InChI=1S/C23H21N5O5/c1-31-18-8-7-13(10-19(18)32-2)21-26-20(33-27-21)12-28-22(29)17(25-23(28)30)9-14-11-24-16-6-4-3-5-15(14)16/h3-8,10-11,17,24H,9,12H2,1-2H3,(H,25,30)/t17-/m1/s1. The van der Waals surface area contributed by atoms with Gasteiger partial charge in [-0.25, -0.2) is 4.79 Å². The van der Waals surface area contributed by atoms with Crippen LogP contribution < -0.4 is 14.8 Å². The number of hydrogen-bond acceptors (Lipinski definition) is 7. The van der Waals surface area contributed by atoms with Gasteiger partial charge in [-0.2, -0.15) is 4.98 Å². The van der Waals surface area contributed by atoms with Gasteiger partial charge in [-0.1, -0.05) is 23.4 Å². The Kier molecular flexibility index (Phi) is 5.17. The minimum Gasteiger partial charge on any atom is -0.493 e. The molecule has 3 heterocycles. The molecule has 3 amide bonds. The maximum atomic E-state index is 12.9. The van der Waals surface area contributed by atoms with Crippen LogP contribution >= 0.6 is 0 Å². The number of fused-ring (bicyclic) bond motifs is 1. The number of imide groups is 1. The van der Waals surface area contributed by atoms with Crippen molar-refractivity contribution in [1.29, 1.82) is 0 Å². The van der Waals surface area contributed by atoms with Crippen LogP contribution in [0.2, 0.25) is 0 Å². The van der Waals surface area contributed by atoms with Gasteiger partial charge in [0.05, 0.1) is 14.2 Å². The first-order valence-corrected chi connectivity index (χ1v) is 10.3. The molecule has 1 aliphatic heterocycles. The zero-order valence-corrected chi connectivity index (χ0v) is 18.0. The lowest BCUT2D eigenvalue weighted by molar-refractivity contribution is -0.128. The van der Waals surface area contributed by atoms with E-state index in [4.69, 9.17) is 14.0 Å². The van der Waals surface area contributed by atoms with Gasteiger partial charge >= 0.3 is 6.03 Å². The Bertz CT molecular complexity index is 1340. The van der Waals surface area contributed by atoms with E-state index in [1.54, 1.807) is 25.3 Å². The third-order valence-corrected chi connectivity index (χ3v) is 5.61. The van der Waals surface area contributed by atoms with Crippen LogP contribution in [0.15, 0.2) is 53.2 Å². The van der Waals surface area contributed by atoms with Gasteiger partial charge in [-0.15, -0.1) is 0 Å². The Balaban J connectivity index is 1.30. The number of methoxy groups -OCH3 is 2. The van der Waals surface area contributed by atoms with Crippen LogP contribution in [0.1, 0.15) is 11.5 Å². The van der Waals surface area contributed by atoms with Gasteiger partial charge in [-0.3, -0.25) is 9.69 Å². The molecule has 1 aliphatic rings. The fraction of sp³-hybridized carbons (Fsp3) is 0.217. The molecule has 2 aromatic carbocycles. The normalized spacial score (nSPS) is 15.8. The van der Waals surface area contributed by atoms with Gasteiger partial charge < -0.3 is 24.3 Å². The van der Waals surface area contributed by atoms with E-state index < -0.39 is 12.1 Å². The zero-order valence-electron chi connectivity index (χ0n) is 18.0. The van der Waals surface area contributed by atoms with Crippen LogP contribution in [0.3, 0.4) is 0 Å². The van der Waals surface area contributed by atoms with Crippen molar-refractivity contribution in [3.8, 4) is 22.9 Å². The first-order valence-electron chi connectivity index (χ1n) is 10.3. The van der Waals surface area contributed by atoms with Crippen molar-refractivity contribution in [2.24, 2.45) is 0 Å². The van der Waals surface area contributed by atoms with Gasteiger partial charge in [0.2, 0.25) is 11.7 Å². The molecule has 2 aromatic heterocycles. The molecule has 0 aliphatic carbocycles. The average molecular weight is 447 g/mol. The van der Waals surface area contributed by atoms with Crippen LogP contribution in [0.25, 0.3) is 22.3 Å². The van der Waals surface area contributed by atoms with Crippen LogP contribution in [0, 0.1) is 0 Å². The molecule has 10 heteroatoms. The predicted molar refractivity (Wildman–Crippen MR) is 118 cm³/mol. The summed E-state index contributed by atoms with van der Waals surface area (Å²) in [6.07, 6.45) is 2.24. The number of aromatic amines is 1. The van der Waals surface area contributed by atoms with Gasteiger partial charge in [0.1, 0.15) is 12.6 Å². The number of rotatable bonds is 7. The van der Waals surface area contributed by atoms with Crippen LogP contribution in [-0.2, 0) is 17.8 Å². The molecule has 0 radical (unpaired) electrons. The topological polar surface area (TPSA) is 123 Å². The van der Waals surface area contributed by atoms with Gasteiger partial charge in [0.25, 0.3) is 5.91 Å². The number of H-pyrrole nitrogens is 1. The summed E-state index contributed by atoms with van der Waals surface area (Å²) in [4.78, 5) is 34.0. The monoisotopic (exact) mass is 447 g/mol. The van der Waals surface area contributed by atoms with Gasteiger partial charge in [0.15, 0.2) is 11.5 Å². The molecule has 1 atom stereocenters. The lowest BCUT2D eigenvalue weighted by Crippen LogP contribution is -2.32. The van der Waals surface area contributed by atoms with Crippen molar-refractivity contribution in [1.82, 2.24) is 25.3 Å². The highest BCUT2D eigenvalue weighted by Crippen LogP contribution is 2.31. The van der Waals surface area contributed by atoms with Crippen molar-refractivity contribution >= 4 is 22.8 Å². The van der Waals surface area contributed by atoms with E-state index in [-0.39, 0.29) is 18.3 Å². The summed E-state index contributed by atoms with van der Waals surface area (Å²) in [6.45, 7) is -0.116. The number of benzene rings is 2.